The van der Waals surface area contributed by atoms with Crippen molar-refractivity contribution in [2.75, 3.05) is 19.4 Å². The Morgan fingerprint density at radius 3 is 2.87 bits per heavy atom. The van der Waals surface area contributed by atoms with Crippen LogP contribution >= 0.6 is 0 Å². The maximum Gasteiger partial charge on any atom is 0.273 e. The van der Waals surface area contributed by atoms with Crippen LogP contribution < -0.4 is 21.1 Å². The lowest BCUT2D eigenvalue weighted by molar-refractivity contribution is 0.0945. The molecule has 2 heterocycles. The highest BCUT2D eigenvalue weighted by atomic mass is 16.5. The predicted molar refractivity (Wildman–Crippen MR) is 112 cm³/mol. The third-order valence-electron chi connectivity index (χ3n) is 4.87. The van der Waals surface area contributed by atoms with Crippen molar-refractivity contribution in [2.24, 2.45) is 0 Å². The summed E-state index contributed by atoms with van der Waals surface area (Å²) in [5.41, 5.74) is 9.57. The summed E-state index contributed by atoms with van der Waals surface area (Å²) in [6.45, 7) is 1.12. The fourth-order valence-electron chi connectivity index (χ4n) is 3.28. The Bertz CT molecular complexity index is 1130. The molecule has 1 aromatic heterocycles. The van der Waals surface area contributed by atoms with E-state index in [0.29, 0.717) is 30.0 Å². The number of benzene rings is 2. The first kappa shape index (κ1) is 19.4. The lowest BCUT2D eigenvalue weighted by Crippen LogP contribution is -2.23. The highest BCUT2D eigenvalue weighted by Gasteiger charge is 2.15. The molecule has 2 amide bonds. The number of nitrogens with two attached hydrogens (primary N) is 1. The third kappa shape index (κ3) is 3.93. The third-order valence-corrected chi connectivity index (χ3v) is 4.87. The number of nitrogen functional groups attached to an aromatic ring is 1. The minimum Gasteiger partial charge on any atom is -0.493 e. The molecule has 0 unspecified atom stereocenters. The summed E-state index contributed by atoms with van der Waals surface area (Å²) >= 11 is 0. The number of carbonyl (C=O) groups is 2. The number of ether oxygens (including phenoxy) is 1. The Kier molecular flexibility index (Phi) is 5.30. The van der Waals surface area contributed by atoms with Crippen molar-refractivity contribution in [3.05, 3.63) is 71.0 Å². The van der Waals surface area contributed by atoms with Crippen LogP contribution in [-0.2, 0) is 13.0 Å². The zero-order valence-corrected chi connectivity index (χ0v) is 16.4. The van der Waals surface area contributed by atoms with Crippen LogP contribution in [0.4, 0.5) is 5.82 Å². The number of hydrogen-bond acceptors (Lipinski definition) is 6. The van der Waals surface area contributed by atoms with Crippen molar-refractivity contribution in [1.29, 1.82) is 0 Å². The maximum absolute atomic E-state index is 12.7. The predicted octanol–water partition coefficient (Wildman–Crippen LogP) is 1.95. The number of rotatable bonds is 5. The van der Waals surface area contributed by atoms with Gasteiger partial charge < -0.3 is 21.1 Å². The molecule has 4 rings (SSSR count). The first-order valence-corrected chi connectivity index (χ1v) is 9.53. The monoisotopic (exact) mass is 403 g/mol. The molecule has 2 aromatic carbocycles. The van der Waals surface area contributed by atoms with Crippen LogP contribution in [0, 0.1) is 0 Å². The van der Waals surface area contributed by atoms with E-state index in [1.807, 2.05) is 12.1 Å². The van der Waals surface area contributed by atoms with Crippen LogP contribution in [0.3, 0.4) is 0 Å². The SMILES string of the molecule is CNC(=O)c1nc(-c2cccc(C(=O)NCc3ccc4c(c3)CCO4)c2)cnc1N. The smallest absolute Gasteiger partial charge is 0.273 e. The Hall–Kier alpha value is -3.94. The topological polar surface area (TPSA) is 119 Å². The molecule has 0 spiro atoms. The molecule has 152 valence electrons. The van der Waals surface area contributed by atoms with Crippen LogP contribution in [0.2, 0.25) is 0 Å². The minimum absolute atomic E-state index is 0.0467. The van der Waals surface area contributed by atoms with E-state index in [1.54, 1.807) is 24.3 Å². The van der Waals surface area contributed by atoms with E-state index in [-0.39, 0.29) is 17.4 Å². The summed E-state index contributed by atoms with van der Waals surface area (Å²) in [6.07, 6.45) is 2.37. The summed E-state index contributed by atoms with van der Waals surface area (Å²) in [5.74, 6) is 0.337. The van der Waals surface area contributed by atoms with E-state index in [4.69, 9.17) is 10.5 Å². The summed E-state index contributed by atoms with van der Waals surface area (Å²) in [7, 11) is 1.50. The number of hydrogen-bond donors (Lipinski definition) is 3. The molecule has 1 aliphatic heterocycles. The molecule has 1 aliphatic rings. The number of anilines is 1. The molecular weight excluding hydrogens is 382 g/mol. The van der Waals surface area contributed by atoms with Gasteiger partial charge in [0.05, 0.1) is 18.5 Å². The summed E-state index contributed by atoms with van der Waals surface area (Å²) in [4.78, 5) is 32.9. The van der Waals surface area contributed by atoms with E-state index >= 15 is 0 Å². The van der Waals surface area contributed by atoms with Gasteiger partial charge in [-0.3, -0.25) is 9.59 Å². The summed E-state index contributed by atoms with van der Waals surface area (Å²) in [5, 5.41) is 5.42. The van der Waals surface area contributed by atoms with Crippen LogP contribution in [-0.4, -0.2) is 35.4 Å². The van der Waals surface area contributed by atoms with Gasteiger partial charge in [-0.15, -0.1) is 0 Å². The Balaban J connectivity index is 1.50. The molecular formula is C22H21N5O3. The van der Waals surface area contributed by atoms with Gasteiger partial charge >= 0.3 is 0 Å². The van der Waals surface area contributed by atoms with Gasteiger partial charge in [-0.1, -0.05) is 24.3 Å². The molecule has 0 aliphatic carbocycles. The lowest BCUT2D eigenvalue weighted by Gasteiger charge is -2.09. The quantitative estimate of drug-likeness (QED) is 0.599. The van der Waals surface area contributed by atoms with Gasteiger partial charge in [0.1, 0.15) is 5.75 Å². The molecule has 4 N–H and O–H groups in total. The lowest BCUT2D eigenvalue weighted by atomic mass is 10.1. The molecule has 30 heavy (non-hydrogen) atoms. The second-order valence-corrected chi connectivity index (χ2v) is 6.87. The number of carbonyl (C=O) groups excluding carboxylic acids is 2. The first-order chi connectivity index (χ1) is 14.5. The van der Waals surface area contributed by atoms with E-state index in [9.17, 15) is 9.59 Å². The molecule has 0 fully saturated rings. The Morgan fingerprint density at radius 1 is 1.17 bits per heavy atom. The Morgan fingerprint density at radius 2 is 2.03 bits per heavy atom. The van der Waals surface area contributed by atoms with Crippen molar-refractivity contribution in [3.8, 4) is 17.0 Å². The average molecular weight is 403 g/mol. The fourth-order valence-corrected chi connectivity index (χ4v) is 3.28. The average Bonchev–Trinajstić information content (AvgIpc) is 3.25. The molecule has 3 aromatic rings. The molecule has 0 bridgehead atoms. The molecule has 0 saturated carbocycles. The fraction of sp³-hybridized carbons (Fsp3) is 0.182. The van der Waals surface area contributed by atoms with Gasteiger partial charge in [-0.2, -0.15) is 0 Å². The van der Waals surface area contributed by atoms with Crippen molar-refractivity contribution in [1.82, 2.24) is 20.6 Å². The normalized spacial score (nSPS) is 12.0. The minimum atomic E-state index is -0.421. The van der Waals surface area contributed by atoms with Crippen LogP contribution in [0.1, 0.15) is 32.0 Å². The number of amides is 2. The number of aromatic nitrogens is 2. The largest absolute Gasteiger partial charge is 0.493 e. The number of nitrogens with one attached hydrogen (secondary N) is 2. The zero-order valence-electron chi connectivity index (χ0n) is 16.4. The van der Waals surface area contributed by atoms with Crippen molar-refractivity contribution in [3.63, 3.8) is 0 Å². The van der Waals surface area contributed by atoms with Crippen molar-refractivity contribution >= 4 is 17.6 Å². The molecule has 8 heteroatoms. The van der Waals surface area contributed by atoms with Gasteiger partial charge in [0.25, 0.3) is 11.8 Å². The second-order valence-electron chi connectivity index (χ2n) is 6.87. The highest BCUT2D eigenvalue weighted by Crippen LogP contribution is 2.26. The van der Waals surface area contributed by atoms with E-state index in [0.717, 1.165) is 23.3 Å². The Labute approximate surface area is 173 Å². The molecule has 8 nitrogen and oxygen atoms in total. The van der Waals surface area contributed by atoms with Crippen LogP contribution in [0.25, 0.3) is 11.3 Å². The summed E-state index contributed by atoms with van der Waals surface area (Å²) < 4.78 is 5.51. The van der Waals surface area contributed by atoms with Crippen LogP contribution in [0.5, 0.6) is 5.75 Å². The van der Waals surface area contributed by atoms with E-state index < -0.39 is 5.91 Å². The van der Waals surface area contributed by atoms with Gasteiger partial charge in [0.2, 0.25) is 0 Å². The standard InChI is InChI=1S/C22H21N5O3/c1-24-22(29)19-20(23)25-12-17(27-19)14-3-2-4-16(10-14)21(28)26-11-13-5-6-18-15(9-13)7-8-30-18/h2-6,9-10,12H,7-8,11H2,1H3,(H2,23,25)(H,24,29)(H,26,28). The number of fused-ring (bicyclic) bond motifs is 1. The molecule has 0 radical (unpaired) electrons. The number of nitrogens with zero attached hydrogens (tertiary/aromatic N) is 2. The highest BCUT2D eigenvalue weighted by molar-refractivity contribution is 5.97. The van der Waals surface area contributed by atoms with Gasteiger partial charge in [0, 0.05) is 31.1 Å². The van der Waals surface area contributed by atoms with E-state index in [2.05, 4.69) is 26.7 Å². The second kappa shape index (κ2) is 8.20. The van der Waals surface area contributed by atoms with Crippen molar-refractivity contribution < 1.29 is 14.3 Å². The van der Waals surface area contributed by atoms with Crippen molar-refractivity contribution in [2.45, 2.75) is 13.0 Å². The molecule has 0 atom stereocenters. The summed E-state index contributed by atoms with van der Waals surface area (Å²) in [6, 6.07) is 12.9. The van der Waals surface area contributed by atoms with Gasteiger partial charge in [0.15, 0.2) is 11.5 Å². The van der Waals surface area contributed by atoms with Crippen LogP contribution in [0.15, 0.2) is 48.7 Å². The zero-order chi connectivity index (χ0) is 21.1. The first-order valence-electron chi connectivity index (χ1n) is 9.53. The van der Waals surface area contributed by atoms with Gasteiger partial charge in [-0.05, 0) is 29.3 Å². The van der Waals surface area contributed by atoms with Gasteiger partial charge in [-0.25, -0.2) is 9.97 Å². The van der Waals surface area contributed by atoms with E-state index in [1.165, 1.54) is 13.2 Å². The maximum atomic E-state index is 12.7. The molecule has 0 saturated heterocycles.